The lowest BCUT2D eigenvalue weighted by molar-refractivity contribution is 0.122. The van der Waals surface area contributed by atoms with Crippen molar-refractivity contribution >= 4 is 34.4 Å². The van der Waals surface area contributed by atoms with Gasteiger partial charge in [0.05, 0.1) is 30.9 Å². The summed E-state index contributed by atoms with van der Waals surface area (Å²) in [7, 11) is 3.70. The largest absolute Gasteiger partial charge is 0.378 e. The highest BCUT2D eigenvalue weighted by Crippen LogP contribution is 2.29. The van der Waals surface area contributed by atoms with Crippen molar-refractivity contribution in [1.29, 1.82) is 0 Å². The lowest BCUT2D eigenvalue weighted by Gasteiger charge is -2.36. The Labute approximate surface area is 211 Å². The van der Waals surface area contributed by atoms with Gasteiger partial charge in [-0.2, -0.15) is 5.10 Å². The second-order valence-electron chi connectivity index (χ2n) is 9.78. The van der Waals surface area contributed by atoms with Crippen molar-refractivity contribution in [2.75, 3.05) is 63.8 Å². The maximum Gasteiger partial charge on any atom is 0.319 e. The fraction of sp³-hybridized carbons (Fsp3) is 0.462. The van der Waals surface area contributed by atoms with Crippen LogP contribution < -0.4 is 10.3 Å². The van der Waals surface area contributed by atoms with Crippen LogP contribution in [0, 0.1) is 12.8 Å². The Kier molecular flexibility index (Phi) is 6.77. The van der Waals surface area contributed by atoms with Crippen LogP contribution in [-0.4, -0.2) is 89.6 Å². The molecule has 0 atom stereocenters. The molecule has 0 unspecified atom stereocenters. The first kappa shape index (κ1) is 24.1. The third-order valence-corrected chi connectivity index (χ3v) is 6.85. The van der Waals surface area contributed by atoms with E-state index >= 15 is 0 Å². The fourth-order valence-electron chi connectivity index (χ4n) is 5.00. The van der Waals surface area contributed by atoms with Crippen LogP contribution in [0.25, 0.3) is 11.2 Å². The number of urea groups is 1. The van der Waals surface area contributed by atoms with Gasteiger partial charge in [-0.15, -0.1) is 0 Å². The van der Waals surface area contributed by atoms with Gasteiger partial charge in [0.15, 0.2) is 11.5 Å². The number of pyridine rings is 1. The Morgan fingerprint density at radius 1 is 1.17 bits per heavy atom. The molecule has 2 aliphatic rings. The Morgan fingerprint density at radius 2 is 1.92 bits per heavy atom. The second-order valence-corrected chi connectivity index (χ2v) is 9.78. The van der Waals surface area contributed by atoms with E-state index in [-0.39, 0.29) is 11.9 Å². The number of aryl methyl sites for hydroxylation is 1. The number of carbonyl (C=O) groups excluding carboxylic acids is 1. The summed E-state index contributed by atoms with van der Waals surface area (Å²) in [5, 5.41) is 4.64. The molecule has 2 saturated heterocycles. The smallest absolute Gasteiger partial charge is 0.319 e. The normalized spacial score (nSPS) is 17.8. The summed E-state index contributed by atoms with van der Waals surface area (Å²) >= 11 is 0. The third kappa shape index (κ3) is 4.99. The van der Waals surface area contributed by atoms with Crippen molar-refractivity contribution in [1.82, 2.24) is 24.3 Å². The van der Waals surface area contributed by atoms with Crippen LogP contribution in [0.2, 0.25) is 0 Å². The van der Waals surface area contributed by atoms with Gasteiger partial charge >= 0.3 is 6.03 Å². The molecular weight excluding hydrogens is 456 g/mol. The van der Waals surface area contributed by atoms with E-state index in [0.717, 1.165) is 47.8 Å². The highest BCUT2D eigenvalue weighted by molar-refractivity contribution is 5.99. The molecule has 1 aromatic carbocycles. The van der Waals surface area contributed by atoms with Gasteiger partial charge in [0.2, 0.25) is 0 Å². The molecule has 190 valence electrons. The first-order valence-corrected chi connectivity index (χ1v) is 12.4. The predicted octanol–water partition coefficient (Wildman–Crippen LogP) is 3.03. The number of imidazole rings is 1. The first-order chi connectivity index (χ1) is 17.4. The molecule has 1 N–H and O–H groups in total. The number of carbonyl (C=O) groups is 1. The quantitative estimate of drug-likeness (QED) is 0.422. The van der Waals surface area contributed by atoms with Gasteiger partial charge in [-0.25, -0.2) is 14.8 Å². The monoisotopic (exact) mass is 490 g/mol. The van der Waals surface area contributed by atoms with Crippen molar-refractivity contribution < 1.29 is 9.53 Å². The average molecular weight is 491 g/mol. The van der Waals surface area contributed by atoms with Crippen LogP contribution in [0.5, 0.6) is 0 Å². The van der Waals surface area contributed by atoms with E-state index in [9.17, 15) is 4.79 Å². The fourth-order valence-corrected chi connectivity index (χ4v) is 5.00. The van der Waals surface area contributed by atoms with Gasteiger partial charge in [0.1, 0.15) is 5.52 Å². The topological polar surface area (TPSA) is 91.1 Å². The van der Waals surface area contributed by atoms with Crippen LogP contribution in [0.1, 0.15) is 18.1 Å². The average Bonchev–Trinajstić information content (AvgIpc) is 3.28. The van der Waals surface area contributed by atoms with Crippen molar-refractivity contribution in [2.45, 2.75) is 20.4 Å². The van der Waals surface area contributed by atoms with E-state index < -0.39 is 0 Å². The van der Waals surface area contributed by atoms with Gasteiger partial charge in [-0.1, -0.05) is 29.8 Å². The van der Waals surface area contributed by atoms with Gasteiger partial charge in [-0.3, -0.25) is 5.43 Å². The summed E-state index contributed by atoms with van der Waals surface area (Å²) in [6.07, 6.45) is 1.86. The molecule has 36 heavy (non-hydrogen) atoms. The van der Waals surface area contributed by atoms with Crippen molar-refractivity contribution in [3.63, 3.8) is 0 Å². The Hall–Kier alpha value is -3.66. The summed E-state index contributed by atoms with van der Waals surface area (Å²) in [5.74, 6) is 0.952. The highest BCUT2D eigenvalue weighted by Gasteiger charge is 2.28. The van der Waals surface area contributed by atoms with Crippen LogP contribution in [0.15, 0.2) is 41.8 Å². The number of ether oxygens (including phenoxy) is 1. The number of fused-ring (bicyclic) bond motifs is 1. The number of morpholine rings is 1. The van der Waals surface area contributed by atoms with Gasteiger partial charge in [-0.05, 0) is 19.4 Å². The van der Waals surface area contributed by atoms with Gasteiger partial charge in [0.25, 0.3) is 0 Å². The summed E-state index contributed by atoms with van der Waals surface area (Å²) in [5.41, 5.74) is 9.06. The summed E-state index contributed by atoms with van der Waals surface area (Å²) in [6, 6.07) is 10.4. The van der Waals surface area contributed by atoms with Gasteiger partial charge in [0, 0.05) is 58.8 Å². The molecular formula is C26H34N8O2. The molecule has 10 nitrogen and oxygen atoms in total. The van der Waals surface area contributed by atoms with Crippen molar-refractivity contribution in [2.24, 2.45) is 11.0 Å². The number of nitrogens with zero attached hydrogens (tertiary/aromatic N) is 7. The molecule has 2 amide bonds. The lowest BCUT2D eigenvalue weighted by Crippen LogP contribution is -2.50. The number of anilines is 2. The molecule has 10 heteroatoms. The zero-order chi connectivity index (χ0) is 25.2. The number of benzene rings is 1. The van der Waals surface area contributed by atoms with E-state index in [1.807, 2.05) is 39.5 Å². The number of hydrogen-bond acceptors (Lipinski definition) is 7. The Morgan fingerprint density at radius 3 is 2.64 bits per heavy atom. The summed E-state index contributed by atoms with van der Waals surface area (Å²) in [6.45, 7) is 9.18. The molecule has 3 aromatic rings. The molecule has 0 aliphatic carbocycles. The molecule has 2 fully saturated rings. The minimum Gasteiger partial charge on any atom is -0.378 e. The lowest BCUT2D eigenvalue weighted by atomic mass is 10.1. The maximum atomic E-state index is 12.2. The van der Waals surface area contributed by atoms with Crippen LogP contribution in [-0.2, 0) is 11.3 Å². The Balaban J connectivity index is 1.47. The number of nitrogens with one attached hydrogen (secondary N) is 1. The molecule has 2 aliphatic heterocycles. The maximum absolute atomic E-state index is 12.2. The number of hydrazone groups is 1. The molecule has 0 bridgehead atoms. The van der Waals surface area contributed by atoms with Crippen molar-refractivity contribution in [3.05, 3.63) is 47.8 Å². The number of amides is 2. The minimum atomic E-state index is 0.0581. The number of aromatic nitrogens is 3. The predicted molar refractivity (Wildman–Crippen MR) is 142 cm³/mol. The van der Waals surface area contributed by atoms with E-state index in [0.29, 0.717) is 32.1 Å². The van der Waals surface area contributed by atoms with E-state index in [1.54, 1.807) is 9.80 Å². The van der Waals surface area contributed by atoms with Crippen molar-refractivity contribution in [3.8, 4) is 0 Å². The minimum absolute atomic E-state index is 0.0581. The highest BCUT2D eigenvalue weighted by atomic mass is 16.5. The van der Waals surface area contributed by atoms with Crippen LogP contribution in [0.3, 0.4) is 0 Å². The second kappa shape index (κ2) is 10.1. The molecule has 0 radical (unpaired) electrons. The Bertz CT molecular complexity index is 1270. The number of rotatable bonds is 6. The standard InChI is InChI=1S/C26H34N8O2/c1-18-6-5-7-21(12-18)19(2)29-30-23-13-22(33-8-10-36-11-9-33)24-25(28-23)34(17-27-24)16-20-14-31(3)26(35)32(4)15-20/h5-7,12-13,17,20H,8-11,14-16H2,1-4H3,(H,28,30). The summed E-state index contributed by atoms with van der Waals surface area (Å²) < 4.78 is 7.68. The van der Waals surface area contributed by atoms with E-state index in [2.05, 4.69) is 45.1 Å². The molecule has 5 rings (SSSR count). The molecule has 4 heterocycles. The van der Waals surface area contributed by atoms with Crippen LogP contribution >= 0.6 is 0 Å². The molecule has 0 saturated carbocycles. The van der Waals surface area contributed by atoms with E-state index in [4.69, 9.17) is 14.7 Å². The summed E-state index contributed by atoms with van der Waals surface area (Å²) in [4.78, 5) is 27.7. The first-order valence-electron chi connectivity index (χ1n) is 12.4. The SMILES string of the molecule is CC(=NNc1cc(N2CCOCC2)c2ncn(CC3CN(C)C(=O)N(C)C3)c2n1)c1cccc(C)c1. The van der Waals surface area contributed by atoms with Crippen LogP contribution in [0.4, 0.5) is 16.3 Å². The van der Waals surface area contributed by atoms with Gasteiger partial charge < -0.3 is 24.0 Å². The third-order valence-electron chi connectivity index (χ3n) is 6.85. The van der Waals surface area contributed by atoms with E-state index in [1.165, 1.54) is 5.56 Å². The zero-order valence-corrected chi connectivity index (χ0v) is 21.4. The number of hydrogen-bond donors (Lipinski definition) is 1. The molecule has 0 spiro atoms. The molecule has 2 aromatic heterocycles. The zero-order valence-electron chi connectivity index (χ0n) is 21.4.